The van der Waals surface area contributed by atoms with Gasteiger partial charge in [0.1, 0.15) is 17.9 Å². The Morgan fingerprint density at radius 1 is 1.29 bits per heavy atom. The first-order valence-electron chi connectivity index (χ1n) is 7.90. The molecule has 128 valence electrons. The summed E-state index contributed by atoms with van der Waals surface area (Å²) < 4.78 is 4.93. The molecule has 2 N–H and O–H groups in total. The largest absolute Gasteiger partial charge is 0.464 e. The van der Waals surface area contributed by atoms with E-state index in [1.165, 1.54) is 12.0 Å². The van der Waals surface area contributed by atoms with Crippen LogP contribution in [0.1, 0.15) is 25.5 Å². The van der Waals surface area contributed by atoms with Crippen LogP contribution in [0.25, 0.3) is 0 Å². The molecule has 3 rings (SSSR count). The number of carbonyl (C=O) groups excluding carboxylic acids is 3. The van der Waals surface area contributed by atoms with Crippen molar-refractivity contribution in [2.45, 2.75) is 25.4 Å². The monoisotopic (exact) mass is 351 g/mol. The molecule has 4 atom stereocenters. The molecule has 0 spiro atoms. The fraction of sp³-hybridized carbons (Fsp3) is 0.471. The highest BCUT2D eigenvalue weighted by molar-refractivity contribution is 6.30. The van der Waals surface area contributed by atoms with Gasteiger partial charge in [0.25, 0.3) is 0 Å². The molecule has 2 amide bonds. The zero-order chi connectivity index (χ0) is 17.6. The Morgan fingerprint density at radius 3 is 2.46 bits per heavy atom. The molecule has 0 radical (unpaired) electrons. The summed E-state index contributed by atoms with van der Waals surface area (Å²) in [6, 6.07) is 6.81. The van der Waals surface area contributed by atoms with Gasteiger partial charge in [-0.15, -0.1) is 0 Å². The second-order valence-electron chi connectivity index (χ2n) is 6.44. The van der Waals surface area contributed by atoms with Gasteiger partial charge < -0.3 is 10.1 Å². The smallest absolute Gasteiger partial charge is 0.368 e. The molecule has 0 saturated carbocycles. The van der Waals surface area contributed by atoms with E-state index in [0.29, 0.717) is 11.6 Å². The molecule has 0 aliphatic carbocycles. The molecule has 0 bridgehead atoms. The Bertz CT molecular complexity index is 705. The van der Waals surface area contributed by atoms with Crippen LogP contribution in [-0.4, -0.2) is 41.9 Å². The lowest BCUT2D eigenvalue weighted by atomic mass is 9.80. The number of amides is 2. The van der Waals surface area contributed by atoms with Gasteiger partial charge in [-0.25, -0.2) is 4.79 Å². The first-order valence-corrected chi connectivity index (χ1v) is 8.28. The summed E-state index contributed by atoms with van der Waals surface area (Å²) in [5.41, 5.74) is -0.262. The second-order valence-corrected chi connectivity index (χ2v) is 6.88. The quantitative estimate of drug-likeness (QED) is 0.635. The second kappa shape index (κ2) is 5.86. The van der Waals surface area contributed by atoms with Crippen molar-refractivity contribution in [3.05, 3.63) is 34.9 Å². The molecule has 0 unspecified atom stereocenters. The summed E-state index contributed by atoms with van der Waals surface area (Å²) in [7, 11) is 1.30. The first kappa shape index (κ1) is 16.9. The van der Waals surface area contributed by atoms with Crippen LogP contribution in [0.5, 0.6) is 0 Å². The minimum absolute atomic E-state index is 0.226. The van der Waals surface area contributed by atoms with Crippen molar-refractivity contribution in [2.24, 2.45) is 11.8 Å². The van der Waals surface area contributed by atoms with Crippen LogP contribution >= 0.6 is 11.6 Å². The van der Waals surface area contributed by atoms with Crippen LogP contribution in [-0.2, 0) is 19.1 Å². The maximum Gasteiger partial charge on any atom is 0.368 e. The lowest BCUT2D eigenvalue weighted by Crippen LogP contribution is -2.97. The third kappa shape index (κ3) is 2.24. The highest BCUT2D eigenvalue weighted by Crippen LogP contribution is 2.44. The average Bonchev–Trinajstić information content (AvgIpc) is 3.02. The summed E-state index contributed by atoms with van der Waals surface area (Å²) in [6.45, 7) is 3.74. The normalized spacial score (nSPS) is 32.2. The lowest BCUT2D eigenvalue weighted by molar-refractivity contribution is -0.731. The third-order valence-corrected chi connectivity index (χ3v) is 5.45. The predicted molar refractivity (Wildman–Crippen MR) is 85.9 cm³/mol. The van der Waals surface area contributed by atoms with Crippen LogP contribution in [0.15, 0.2) is 24.3 Å². The van der Waals surface area contributed by atoms with E-state index in [4.69, 9.17) is 16.3 Å². The lowest BCUT2D eigenvalue weighted by Gasteiger charge is -2.25. The van der Waals surface area contributed by atoms with Crippen molar-refractivity contribution in [3.8, 4) is 0 Å². The Kier molecular flexibility index (Phi) is 4.13. The zero-order valence-electron chi connectivity index (χ0n) is 13.8. The van der Waals surface area contributed by atoms with E-state index in [9.17, 15) is 14.4 Å². The van der Waals surface area contributed by atoms with Crippen molar-refractivity contribution >= 4 is 29.4 Å². The van der Waals surface area contributed by atoms with Gasteiger partial charge in [-0.2, -0.15) is 0 Å². The number of imide groups is 1. The molecule has 1 aromatic carbocycles. The van der Waals surface area contributed by atoms with E-state index in [-0.39, 0.29) is 17.9 Å². The molecular weight excluding hydrogens is 332 g/mol. The molecule has 2 heterocycles. The minimum Gasteiger partial charge on any atom is -0.464 e. The number of benzene rings is 1. The van der Waals surface area contributed by atoms with Crippen LogP contribution < -0.4 is 5.32 Å². The highest BCUT2D eigenvalue weighted by atomic mass is 35.5. The van der Waals surface area contributed by atoms with Gasteiger partial charge in [0.2, 0.25) is 17.4 Å². The topological polar surface area (TPSA) is 80.3 Å². The Morgan fingerprint density at radius 2 is 1.92 bits per heavy atom. The number of quaternary nitrogens is 1. The SMILES string of the molecule is CCN1C(=O)[C@H]2[C@@H](c3ccc(Cl)cc3)[NH2+][C@@](C)(C(=O)OC)[C@@H]2C1=O. The number of hydrogen-bond donors (Lipinski definition) is 1. The maximum absolute atomic E-state index is 12.8. The van der Waals surface area contributed by atoms with Crippen molar-refractivity contribution in [3.63, 3.8) is 0 Å². The number of fused-ring (bicyclic) bond motifs is 1. The Hall–Kier alpha value is -1.92. The van der Waals surface area contributed by atoms with Gasteiger partial charge in [0.15, 0.2) is 0 Å². The Labute approximate surface area is 145 Å². The molecule has 2 aliphatic rings. The molecule has 24 heavy (non-hydrogen) atoms. The average molecular weight is 352 g/mol. The standard InChI is InChI=1S/C17H19ClN2O4/c1-4-20-14(21)11-12(15(20)22)17(2,16(23)24-3)19-13(11)9-5-7-10(18)8-6-9/h5-8,11-13,19H,4H2,1-3H3/p+1/t11-,12+,13-,17-/m1/s1. The molecule has 0 aromatic heterocycles. The van der Waals surface area contributed by atoms with E-state index in [2.05, 4.69) is 0 Å². The summed E-state index contributed by atoms with van der Waals surface area (Å²) >= 11 is 5.94. The van der Waals surface area contributed by atoms with E-state index < -0.39 is 23.3 Å². The number of halogens is 1. The maximum atomic E-state index is 12.8. The van der Waals surface area contributed by atoms with Crippen molar-refractivity contribution < 1.29 is 24.4 Å². The third-order valence-electron chi connectivity index (χ3n) is 5.20. The number of ether oxygens (including phenoxy) is 1. The minimum atomic E-state index is -1.12. The summed E-state index contributed by atoms with van der Waals surface area (Å²) in [5.74, 6) is -2.32. The predicted octanol–water partition coefficient (Wildman–Crippen LogP) is 0.511. The summed E-state index contributed by atoms with van der Waals surface area (Å²) in [5, 5.41) is 2.38. The molecule has 2 fully saturated rings. The first-order chi connectivity index (χ1) is 11.3. The number of carbonyl (C=O) groups is 3. The van der Waals surface area contributed by atoms with E-state index in [1.54, 1.807) is 31.3 Å². The molecule has 1 aromatic rings. The van der Waals surface area contributed by atoms with Crippen LogP contribution in [0.3, 0.4) is 0 Å². The number of nitrogens with zero attached hydrogens (tertiary/aromatic N) is 1. The van der Waals surface area contributed by atoms with Crippen molar-refractivity contribution in [1.82, 2.24) is 4.90 Å². The number of hydrogen-bond acceptors (Lipinski definition) is 4. The summed E-state index contributed by atoms with van der Waals surface area (Å²) in [6.07, 6.45) is 0. The molecule has 2 aliphatic heterocycles. The number of methoxy groups -OCH3 is 1. The van der Waals surface area contributed by atoms with Gasteiger partial charge in [0, 0.05) is 24.1 Å². The van der Waals surface area contributed by atoms with E-state index in [0.717, 1.165) is 5.56 Å². The van der Waals surface area contributed by atoms with Gasteiger partial charge in [-0.3, -0.25) is 14.5 Å². The van der Waals surface area contributed by atoms with Crippen molar-refractivity contribution in [1.29, 1.82) is 0 Å². The number of nitrogens with two attached hydrogens (primary N) is 1. The zero-order valence-corrected chi connectivity index (χ0v) is 14.5. The number of likely N-dealkylation sites (tertiary alicyclic amines) is 1. The molecule has 7 heteroatoms. The number of rotatable bonds is 3. The van der Waals surface area contributed by atoms with Gasteiger partial charge in [-0.1, -0.05) is 23.7 Å². The van der Waals surface area contributed by atoms with Crippen LogP contribution in [0, 0.1) is 11.8 Å². The molecule has 2 saturated heterocycles. The fourth-order valence-electron chi connectivity index (χ4n) is 4.04. The Balaban J connectivity index is 2.09. The van der Waals surface area contributed by atoms with Gasteiger partial charge in [0.05, 0.1) is 7.11 Å². The highest BCUT2D eigenvalue weighted by Gasteiger charge is 2.70. The fourth-order valence-corrected chi connectivity index (χ4v) is 4.16. The molecular formula is C17H20ClN2O4+. The number of esters is 1. The summed E-state index contributed by atoms with van der Waals surface area (Å²) in [4.78, 5) is 39.2. The van der Waals surface area contributed by atoms with E-state index >= 15 is 0 Å². The van der Waals surface area contributed by atoms with Gasteiger partial charge in [-0.05, 0) is 19.1 Å². The van der Waals surface area contributed by atoms with E-state index in [1.807, 2.05) is 12.1 Å². The van der Waals surface area contributed by atoms with Crippen LogP contribution in [0.2, 0.25) is 5.02 Å². The molecule has 6 nitrogen and oxygen atoms in total. The van der Waals surface area contributed by atoms with Gasteiger partial charge >= 0.3 is 5.97 Å². The van der Waals surface area contributed by atoms with Crippen molar-refractivity contribution in [2.75, 3.05) is 13.7 Å². The van der Waals surface area contributed by atoms with Crippen LogP contribution in [0.4, 0.5) is 0 Å².